The average molecular weight is 486 g/mol. The second kappa shape index (κ2) is 11.3. The minimum Gasteiger partial charge on any atom is -0.497 e. The molecule has 0 spiro atoms. The topological polar surface area (TPSA) is 78.9 Å². The van der Waals surface area contributed by atoms with Crippen LogP contribution < -0.4 is 10.1 Å². The fourth-order valence-corrected chi connectivity index (χ4v) is 6.32. The molecule has 184 valence electrons. The lowest BCUT2D eigenvalue weighted by molar-refractivity contribution is -0.121. The van der Waals surface area contributed by atoms with Crippen molar-refractivity contribution < 1.29 is 17.9 Å². The highest BCUT2D eigenvalue weighted by Gasteiger charge is 2.27. The molecule has 1 amide bonds. The van der Waals surface area contributed by atoms with Crippen LogP contribution in [0.15, 0.2) is 53.4 Å². The summed E-state index contributed by atoms with van der Waals surface area (Å²) in [7, 11) is -1.74. The van der Waals surface area contributed by atoms with Gasteiger partial charge >= 0.3 is 0 Å². The third kappa shape index (κ3) is 5.98. The first-order valence-electron chi connectivity index (χ1n) is 12.2. The number of hydrogen-bond donors (Lipinski definition) is 1. The number of ether oxygens (including phenoxy) is 1. The van der Waals surface area contributed by atoms with Crippen molar-refractivity contribution in [2.24, 2.45) is 0 Å². The van der Waals surface area contributed by atoms with E-state index < -0.39 is 10.0 Å². The molecule has 1 atom stereocenters. The zero-order valence-corrected chi connectivity index (χ0v) is 20.7. The van der Waals surface area contributed by atoms with Crippen LogP contribution in [0.1, 0.15) is 49.3 Å². The first kappa shape index (κ1) is 24.7. The molecular formula is C26H35N3O4S. The number of rotatable bonds is 10. The number of aryl methyl sites for hydroxylation is 1. The molecule has 0 saturated carbocycles. The first-order chi connectivity index (χ1) is 16.5. The van der Waals surface area contributed by atoms with Crippen molar-refractivity contribution in [3.8, 4) is 5.75 Å². The quantitative estimate of drug-likeness (QED) is 0.558. The molecule has 34 heavy (non-hydrogen) atoms. The summed E-state index contributed by atoms with van der Waals surface area (Å²) in [5, 5.41) is 3.12. The Morgan fingerprint density at radius 3 is 2.18 bits per heavy atom. The van der Waals surface area contributed by atoms with Gasteiger partial charge in [-0.25, -0.2) is 8.42 Å². The van der Waals surface area contributed by atoms with Crippen molar-refractivity contribution in [1.82, 2.24) is 14.5 Å². The van der Waals surface area contributed by atoms with E-state index in [1.54, 1.807) is 23.5 Å². The van der Waals surface area contributed by atoms with Gasteiger partial charge in [-0.05, 0) is 80.6 Å². The monoisotopic (exact) mass is 485 g/mol. The predicted octanol–water partition coefficient (Wildman–Crippen LogP) is 3.37. The van der Waals surface area contributed by atoms with Crippen LogP contribution in [0.25, 0.3) is 0 Å². The molecule has 4 rings (SSSR count). The molecule has 2 aliphatic heterocycles. The van der Waals surface area contributed by atoms with Crippen LogP contribution in [0, 0.1) is 0 Å². The number of carbonyl (C=O) groups excluding carboxylic acids is 1. The molecule has 2 saturated heterocycles. The van der Waals surface area contributed by atoms with E-state index in [2.05, 4.69) is 22.3 Å². The summed E-state index contributed by atoms with van der Waals surface area (Å²) in [6.45, 7) is 3.84. The molecule has 1 N–H and O–H groups in total. The summed E-state index contributed by atoms with van der Waals surface area (Å²) >= 11 is 0. The maximum Gasteiger partial charge on any atom is 0.243 e. The largest absolute Gasteiger partial charge is 0.497 e. The van der Waals surface area contributed by atoms with E-state index >= 15 is 0 Å². The van der Waals surface area contributed by atoms with Gasteiger partial charge in [0.15, 0.2) is 0 Å². The summed E-state index contributed by atoms with van der Waals surface area (Å²) in [6, 6.07) is 15.2. The van der Waals surface area contributed by atoms with E-state index in [-0.39, 0.29) is 11.9 Å². The number of carbonyl (C=O) groups is 1. The number of methoxy groups -OCH3 is 1. The van der Waals surface area contributed by atoms with Crippen molar-refractivity contribution in [3.63, 3.8) is 0 Å². The van der Waals surface area contributed by atoms with Crippen molar-refractivity contribution in [1.29, 1.82) is 0 Å². The van der Waals surface area contributed by atoms with Crippen molar-refractivity contribution in [3.05, 3.63) is 59.7 Å². The second-order valence-electron chi connectivity index (χ2n) is 9.09. The van der Waals surface area contributed by atoms with Crippen LogP contribution in [0.3, 0.4) is 0 Å². The van der Waals surface area contributed by atoms with E-state index in [1.165, 1.54) is 18.4 Å². The van der Waals surface area contributed by atoms with E-state index in [1.807, 2.05) is 24.3 Å². The summed E-state index contributed by atoms with van der Waals surface area (Å²) in [4.78, 5) is 15.4. The summed E-state index contributed by atoms with van der Waals surface area (Å²) in [5.74, 6) is 0.832. The molecule has 0 bridgehead atoms. The molecule has 0 radical (unpaired) electrons. The maximum atomic E-state index is 12.7. The number of likely N-dealkylation sites (tertiary alicyclic amines) is 1. The predicted molar refractivity (Wildman–Crippen MR) is 132 cm³/mol. The fourth-order valence-electron chi connectivity index (χ4n) is 4.80. The van der Waals surface area contributed by atoms with Crippen LogP contribution >= 0.6 is 0 Å². The molecule has 2 aromatic carbocycles. The van der Waals surface area contributed by atoms with Crippen LogP contribution in [0.5, 0.6) is 5.75 Å². The van der Waals surface area contributed by atoms with Crippen molar-refractivity contribution >= 4 is 15.9 Å². The first-order valence-corrected chi connectivity index (χ1v) is 13.7. The zero-order valence-electron chi connectivity index (χ0n) is 19.9. The van der Waals surface area contributed by atoms with Crippen LogP contribution in [0.4, 0.5) is 0 Å². The van der Waals surface area contributed by atoms with Gasteiger partial charge in [0.1, 0.15) is 5.75 Å². The Balaban J connectivity index is 1.30. The lowest BCUT2D eigenvalue weighted by Gasteiger charge is -2.28. The fraction of sp³-hybridized carbons (Fsp3) is 0.500. The Morgan fingerprint density at radius 2 is 1.56 bits per heavy atom. The highest BCUT2D eigenvalue weighted by Crippen LogP contribution is 2.26. The lowest BCUT2D eigenvalue weighted by atomic mass is 10.0. The number of benzene rings is 2. The number of amides is 1. The Hall–Kier alpha value is -2.42. The highest BCUT2D eigenvalue weighted by atomic mass is 32.2. The molecule has 2 fully saturated rings. The van der Waals surface area contributed by atoms with Gasteiger partial charge < -0.3 is 10.1 Å². The van der Waals surface area contributed by atoms with Crippen LogP contribution in [-0.2, 0) is 21.2 Å². The minimum absolute atomic E-state index is 0.00599. The Kier molecular flexibility index (Phi) is 8.24. The van der Waals surface area contributed by atoms with Gasteiger partial charge in [0, 0.05) is 26.1 Å². The van der Waals surface area contributed by atoms with Gasteiger partial charge in [-0.3, -0.25) is 9.69 Å². The number of hydrogen-bond acceptors (Lipinski definition) is 5. The Labute approximate surface area is 203 Å². The Bertz CT molecular complexity index is 1040. The summed E-state index contributed by atoms with van der Waals surface area (Å²) in [5.41, 5.74) is 2.14. The van der Waals surface area contributed by atoms with E-state index in [0.717, 1.165) is 37.2 Å². The zero-order chi connectivity index (χ0) is 24.0. The third-order valence-corrected chi connectivity index (χ3v) is 8.75. The number of sulfonamides is 1. The van der Waals surface area contributed by atoms with Gasteiger partial charge in [0.25, 0.3) is 0 Å². The minimum atomic E-state index is -3.40. The lowest BCUT2D eigenvalue weighted by Crippen LogP contribution is -2.36. The normalized spacial score (nSPS) is 18.1. The number of nitrogens with one attached hydrogen (secondary N) is 1. The maximum absolute atomic E-state index is 12.7. The van der Waals surface area contributed by atoms with Crippen LogP contribution in [0.2, 0.25) is 0 Å². The van der Waals surface area contributed by atoms with Gasteiger partial charge in [-0.2, -0.15) is 4.31 Å². The van der Waals surface area contributed by atoms with Gasteiger partial charge in [-0.1, -0.05) is 24.3 Å². The van der Waals surface area contributed by atoms with Crippen LogP contribution in [-0.4, -0.2) is 63.4 Å². The van der Waals surface area contributed by atoms with Crippen molar-refractivity contribution in [2.45, 2.75) is 49.5 Å². The Morgan fingerprint density at radius 1 is 0.941 bits per heavy atom. The number of nitrogens with zero attached hydrogens (tertiary/aromatic N) is 2. The summed E-state index contributed by atoms with van der Waals surface area (Å²) < 4.78 is 32.2. The second-order valence-corrected chi connectivity index (χ2v) is 11.0. The third-order valence-electron chi connectivity index (χ3n) is 6.84. The molecule has 8 heteroatoms. The van der Waals surface area contributed by atoms with Crippen molar-refractivity contribution in [2.75, 3.05) is 39.8 Å². The smallest absolute Gasteiger partial charge is 0.243 e. The van der Waals surface area contributed by atoms with Gasteiger partial charge in [0.05, 0.1) is 18.0 Å². The molecule has 2 aliphatic rings. The van der Waals surface area contributed by atoms with Gasteiger partial charge in [0.2, 0.25) is 15.9 Å². The highest BCUT2D eigenvalue weighted by molar-refractivity contribution is 7.89. The molecule has 2 aromatic rings. The molecule has 2 heterocycles. The van der Waals surface area contributed by atoms with E-state index in [9.17, 15) is 13.2 Å². The molecule has 7 nitrogen and oxygen atoms in total. The SMILES string of the molecule is COc1ccc([C@@H](CNC(=O)CCc2ccc(S(=O)(=O)N3CCCC3)cc2)N2CCCC2)cc1. The van der Waals surface area contributed by atoms with E-state index in [0.29, 0.717) is 37.4 Å². The average Bonchev–Trinajstić information content (AvgIpc) is 3.59. The molecule has 0 aliphatic carbocycles. The molecular weight excluding hydrogens is 450 g/mol. The van der Waals surface area contributed by atoms with E-state index in [4.69, 9.17) is 4.74 Å². The standard InChI is InChI=1S/C26H35N3O4S/c1-33-23-11-9-22(10-12-23)25(28-16-2-3-17-28)20-27-26(30)15-8-21-6-13-24(14-7-21)34(31,32)29-18-4-5-19-29/h6-7,9-14,25H,2-5,8,15-20H2,1H3,(H,27,30)/t25-/m1/s1. The summed E-state index contributed by atoms with van der Waals surface area (Å²) in [6.07, 6.45) is 5.15. The molecule has 0 aromatic heterocycles. The molecule has 0 unspecified atom stereocenters. The van der Waals surface area contributed by atoms with Gasteiger partial charge in [-0.15, -0.1) is 0 Å².